The molecule has 8 nitrogen and oxygen atoms in total. The van der Waals surface area contributed by atoms with Crippen LogP contribution in [0.4, 0.5) is 0 Å². The van der Waals surface area contributed by atoms with Crippen molar-refractivity contribution in [3.63, 3.8) is 0 Å². The number of fused-ring (bicyclic) bond motifs is 1. The number of rotatable bonds is 7. The molecule has 0 aliphatic heterocycles. The Morgan fingerprint density at radius 1 is 1.07 bits per heavy atom. The Hall–Kier alpha value is -3.01. The summed E-state index contributed by atoms with van der Waals surface area (Å²) in [6.07, 6.45) is 0. The predicted octanol–water partition coefficient (Wildman–Crippen LogP) is 2.65. The molecule has 0 spiro atoms. The number of ketones is 1. The molecular weight excluding hydrogens is 386 g/mol. The molecule has 0 aliphatic rings. The van der Waals surface area contributed by atoms with E-state index in [1.54, 1.807) is 24.3 Å². The van der Waals surface area contributed by atoms with Crippen molar-refractivity contribution in [2.75, 3.05) is 20.8 Å². The second kappa shape index (κ2) is 7.93. The highest BCUT2D eigenvalue weighted by molar-refractivity contribution is 7.89. The lowest BCUT2D eigenvalue weighted by atomic mass is 10.2. The van der Waals surface area contributed by atoms with Gasteiger partial charge in [-0.05, 0) is 36.4 Å². The second-order valence-corrected chi connectivity index (χ2v) is 7.71. The van der Waals surface area contributed by atoms with Gasteiger partial charge in [-0.2, -0.15) is 0 Å². The molecule has 1 heterocycles. The van der Waals surface area contributed by atoms with Gasteiger partial charge in [-0.3, -0.25) is 9.63 Å². The van der Waals surface area contributed by atoms with E-state index in [0.717, 1.165) is 5.39 Å². The molecule has 0 saturated heterocycles. The standard InChI is InChI=1S/C19H17NO7S/c1-20(25-2)28(23,24)15-9-7-13(8-10-15)19(22)26-12-16(21)18-11-14-5-3-4-6-17(14)27-18/h3-11H,12H2,1-2H3. The van der Waals surface area contributed by atoms with Crippen LogP contribution in [0, 0.1) is 0 Å². The summed E-state index contributed by atoms with van der Waals surface area (Å²) < 4.78 is 35.4. The van der Waals surface area contributed by atoms with Gasteiger partial charge in [0.25, 0.3) is 10.0 Å². The molecule has 3 rings (SSSR count). The van der Waals surface area contributed by atoms with E-state index in [0.29, 0.717) is 10.1 Å². The molecule has 1 aromatic heterocycles. The van der Waals surface area contributed by atoms with E-state index in [-0.39, 0.29) is 16.2 Å². The number of hydrogen-bond donors (Lipinski definition) is 0. The Morgan fingerprint density at radius 3 is 2.39 bits per heavy atom. The van der Waals surface area contributed by atoms with Gasteiger partial charge in [-0.1, -0.05) is 22.7 Å². The minimum absolute atomic E-state index is 0.0493. The molecule has 0 aliphatic carbocycles. The van der Waals surface area contributed by atoms with Crippen LogP contribution in [0.5, 0.6) is 0 Å². The van der Waals surface area contributed by atoms with E-state index in [9.17, 15) is 18.0 Å². The van der Waals surface area contributed by atoms with Gasteiger partial charge in [-0.25, -0.2) is 13.2 Å². The van der Waals surface area contributed by atoms with E-state index < -0.39 is 28.4 Å². The lowest BCUT2D eigenvalue weighted by Gasteiger charge is -2.14. The lowest BCUT2D eigenvalue weighted by Crippen LogP contribution is -2.25. The second-order valence-electron chi connectivity index (χ2n) is 5.77. The van der Waals surface area contributed by atoms with Gasteiger partial charge in [0.2, 0.25) is 5.78 Å². The SMILES string of the molecule is CON(C)S(=O)(=O)c1ccc(C(=O)OCC(=O)c2cc3ccccc3o2)cc1. The molecule has 3 aromatic rings. The summed E-state index contributed by atoms with van der Waals surface area (Å²) in [4.78, 5) is 28.9. The van der Waals surface area contributed by atoms with Gasteiger partial charge >= 0.3 is 5.97 Å². The number of carbonyl (C=O) groups is 2. The summed E-state index contributed by atoms with van der Waals surface area (Å²) in [5.74, 6) is -1.14. The van der Waals surface area contributed by atoms with E-state index >= 15 is 0 Å². The first-order valence-corrected chi connectivity index (χ1v) is 9.59. The van der Waals surface area contributed by atoms with Gasteiger partial charge in [0.1, 0.15) is 5.58 Å². The van der Waals surface area contributed by atoms with Gasteiger partial charge in [0.15, 0.2) is 12.4 Å². The monoisotopic (exact) mass is 403 g/mol. The van der Waals surface area contributed by atoms with Crippen LogP contribution in [-0.2, 0) is 19.6 Å². The van der Waals surface area contributed by atoms with Crippen LogP contribution >= 0.6 is 0 Å². The van der Waals surface area contributed by atoms with Crippen molar-refractivity contribution < 1.29 is 32.0 Å². The molecule has 146 valence electrons. The summed E-state index contributed by atoms with van der Waals surface area (Å²) >= 11 is 0. The van der Waals surface area contributed by atoms with Crippen LogP contribution in [-0.4, -0.2) is 45.4 Å². The van der Waals surface area contributed by atoms with Crippen molar-refractivity contribution in [2.24, 2.45) is 0 Å². The first-order valence-electron chi connectivity index (χ1n) is 8.15. The maximum absolute atomic E-state index is 12.2. The Balaban J connectivity index is 1.65. The minimum Gasteiger partial charge on any atom is -0.454 e. The summed E-state index contributed by atoms with van der Waals surface area (Å²) in [5, 5.41) is 0.773. The van der Waals surface area contributed by atoms with E-state index in [1.807, 2.05) is 6.07 Å². The summed E-state index contributed by atoms with van der Waals surface area (Å²) in [6, 6.07) is 13.8. The van der Waals surface area contributed by atoms with Gasteiger partial charge in [-0.15, -0.1) is 0 Å². The highest BCUT2D eigenvalue weighted by atomic mass is 32.2. The molecule has 0 radical (unpaired) electrons. The minimum atomic E-state index is -3.81. The number of esters is 1. The number of Topliss-reactive ketones (excluding diaryl/α,β-unsaturated/α-hetero) is 1. The number of para-hydroxylation sites is 1. The normalized spacial score (nSPS) is 11.7. The fourth-order valence-electron chi connectivity index (χ4n) is 2.41. The molecule has 0 saturated carbocycles. The Kier molecular flexibility index (Phi) is 5.59. The average Bonchev–Trinajstić information content (AvgIpc) is 3.15. The number of nitrogens with zero attached hydrogens (tertiary/aromatic N) is 1. The molecule has 0 unspecified atom stereocenters. The van der Waals surface area contributed by atoms with E-state index in [2.05, 4.69) is 4.84 Å². The molecule has 0 amide bonds. The van der Waals surface area contributed by atoms with Crippen LogP contribution in [0.2, 0.25) is 0 Å². The molecular formula is C19H17NO7S. The van der Waals surface area contributed by atoms with Crippen molar-refractivity contribution in [1.82, 2.24) is 4.47 Å². The van der Waals surface area contributed by atoms with E-state index in [1.165, 1.54) is 38.4 Å². The number of ether oxygens (including phenoxy) is 1. The summed E-state index contributed by atoms with van der Waals surface area (Å²) in [7, 11) is -1.34. The highest BCUT2D eigenvalue weighted by Gasteiger charge is 2.21. The van der Waals surface area contributed by atoms with E-state index in [4.69, 9.17) is 9.15 Å². The molecule has 28 heavy (non-hydrogen) atoms. The summed E-state index contributed by atoms with van der Waals surface area (Å²) in [6.45, 7) is -0.495. The van der Waals surface area contributed by atoms with Crippen LogP contribution in [0.15, 0.2) is 63.9 Å². The number of furan rings is 1. The zero-order chi connectivity index (χ0) is 20.3. The first kappa shape index (κ1) is 19.7. The number of hydroxylamine groups is 1. The number of sulfonamides is 1. The maximum atomic E-state index is 12.2. The topological polar surface area (TPSA) is 103 Å². The number of hydrogen-bond acceptors (Lipinski definition) is 7. The van der Waals surface area contributed by atoms with Crippen molar-refractivity contribution in [1.29, 1.82) is 0 Å². The Labute approximate surface area is 161 Å². The van der Waals surface area contributed by atoms with Crippen molar-refractivity contribution in [2.45, 2.75) is 4.90 Å². The van der Waals surface area contributed by atoms with Crippen molar-refractivity contribution >= 4 is 32.7 Å². The molecule has 0 fully saturated rings. The lowest BCUT2D eigenvalue weighted by molar-refractivity contribution is -0.0258. The summed E-state index contributed by atoms with van der Waals surface area (Å²) in [5.41, 5.74) is 0.673. The van der Waals surface area contributed by atoms with Crippen LogP contribution < -0.4 is 0 Å². The van der Waals surface area contributed by atoms with Crippen LogP contribution in [0.1, 0.15) is 20.9 Å². The molecule has 9 heteroatoms. The quantitative estimate of drug-likeness (QED) is 0.339. The zero-order valence-corrected chi connectivity index (χ0v) is 15.9. The number of carbonyl (C=O) groups excluding carboxylic acids is 2. The molecule has 0 bridgehead atoms. The average molecular weight is 403 g/mol. The fraction of sp³-hybridized carbons (Fsp3) is 0.158. The largest absolute Gasteiger partial charge is 0.454 e. The van der Waals surface area contributed by atoms with Crippen molar-refractivity contribution in [3.05, 3.63) is 65.9 Å². The van der Waals surface area contributed by atoms with Crippen molar-refractivity contribution in [3.8, 4) is 0 Å². The first-order chi connectivity index (χ1) is 13.3. The maximum Gasteiger partial charge on any atom is 0.338 e. The third kappa shape index (κ3) is 3.96. The van der Waals surface area contributed by atoms with Gasteiger partial charge < -0.3 is 9.15 Å². The predicted molar refractivity (Wildman–Crippen MR) is 99.2 cm³/mol. The Morgan fingerprint density at radius 2 is 1.75 bits per heavy atom. The highest BCUT2D eigenvalue weighted by Crippen LogP contribution is 2.19. The molecule has 0 N–H and O–H groups in total. The van der Waals surface area contributed by atoms with Crippen LogP contribution in [0.3, 0.4) is 0 Å². The Bertz CT molecular complexity index is 1080. The number of benzene rings is 2. The fourth-order valence-corrected chi connectivity index (χ4v) is 3.39. The van der Waals surface area contributed by atoms with Gasteiger partial charge in [0.05, 0.1) is 17.6 Å². The third-order valence-electron chi connectivity index (χ3n) is 4.02. The smallest absolute Gasteiger partial charge is 0.338 e. The molecule has 0 atom stereocenters. The van der Waals surface area contributed by atoms with Gasteiger partial charge in [0, 0.05) is 12.4 Å². The van der Waals surface area contributed by atoms with Crippen LogP contribution in [0.25, 0.3) is 11.0 Å². The molecule has 2 aromatic carbocycles. The zero-order valence-electron chi connectivity index (χ0n) is 15.1. The third-order valence-corrected chi connectivity index (χ3v) is 5.71.